The van der Waals surface area contributed by atoms with Crippen LogP contribution in [0.3, 0.4) is 0 Å². The predicted molar refractivity (Wildman–Crippen MR) is 77.5 cm³/mol. The van der Waals surface area contributed by atoms with Gasteiger partial charge in [0.25, 0.3) is 0 Å². The van der Waals surface area contributed by atoms with Crippen LogP contribution in [0.25, 0.3) is 10.9 Å². The Balaban J connectivity index is 1.92. The fourth-order valence-electron chi connectivity index (χ4n) is 2.49. The van der Waals surface area contributed by atoms with Gasteiger partial charge in [0, 0.05) is 5.39 Å². The summed E-state index contributed by atoms with van der Waals surface area (Å²) in [6.07, 6.45) is -2.68. The highest BCUT2D eigenvalue weighted by Gasteiger charge is 2.42. The first-order valence-corrected chi connectivity index (χ1v) is 6.82. The van der Waals surface area contributed by atoms with E-state index in [-0.39, 0.29) is 6.61 Å². The van der Waals surface area contributed by atoms with Crippen LogP contribution in [0.15, 0.2) is 24.5 Å². The minimum absolute atomic E-state index is 0.380. The van der Waals surface area contributed by atoms with Gasteiger partial charge in [-0.25, -0.2) is 9.97 Å². The third-order valence-electron chi connectivity index (χ3n) is 3.67. The molecule has 2 aromatic rings. The highest BCUT2D eigenvalue weighted by atomic mass is 16.6. The summed E-state index contributed by atoms with van der Waals surface area (Å²) in [5, 5.41) is 32.5. The van der Waals surface area contributed by atoms with E-state index in [2.05, 4.69) is 15.3 Å². The average Bonchev–Trinajstić information content (AvgIpc) is 2.82. The summed E-state index contributed by atoms with van der Waals surface area (Å²) >= 11 is 0. The molecule has 0 radical (unpaired) electrons. The third kappa shape index (κ3) is 2.46. The van der Waals surface area contributed by atoms with Gasteiger partial charge in [-0.3, -0.25) is 0 Å². The van der Waals surface area contributed by atoms with E-state index in [4.69, 9.17) is 14.6 Å². The molecule has 4 unspecified atom stereocenters. The Morgan fingerprint density at radius 3 is 2.77 bits per heavy atom. The largest absolute Gasteiger partial charge is 0.494 e. The fourth-order valence-corrected chi connectivity index (χ4v) is 2.49. The number of aliphatic hydroxyl groups excluding tert-OH is 3. The van der Waals surface area contributed by atoms with Crippen LogP contribution >= 0.6 is 0 Å². The van der Waals surface area contributed by atoms with Crippen LogP contribution in [0, 0.1) is 0 Å². The molecule has 0 aliphatic carbocycles. The summed E-state index contributed by atoms with van der Waals surface area (Å²) in [6.45, 7) is -0.380. The Kier molecular flexibility index (Phi) is 4.08. The van der Waals surface area contributed by atoms with Crippen molar-refractivity contribution in [3.63, 3.8) is 0 Å². The van der Waals surface area contributed by atoms with Crippen molar-refractivity contribution in [2.24, 2.45) is 0 Å². The molecular weight excluding hydrogens is 290 g/mol. The van der Waals surface area contributed by atoms with Gasteiger partial charge in [0.2, 0.25) is 0 Å². The van der Waals surface area contributed by atoms with Gasteiger partial charge >= 0.3 is 0 Å². The molecule has 1 aromatic carbocycles. The number of aliphatic hydroxyl groups is 3. The van der Waals surface area contributed by atoms with Gasteiger partial charge < -0.3 is 30.1 Å². The second kappa shape index (κ2) is 6.01. The summed E-state index contributed by atoms with van der Waals surface area (Å²) in [5.74, 6) is 1.04. The number of fused-ring (bicyclic) bond motifs is 1. The second-order valence-electron chi connectivity index (χ2n) is 4.98. The van der Waals surface area contributed by atoms with Gasteiger partial charge in [-0.15, -0.1) is 0 Å². The number of ether oxygens (including phenoxy) is 2. The van der Waals surface area contributed by atoms with Crippen LogP contribution in [-0.2, 0) is 4.74 Å². The van der Waals surface area contributed by atoms with Gasteiger partial charge in [0.15, 0.2) is 6.23 Å². The zero-order chi connectivity index (χ0) is 15.7. The summed E-state index contributed by atoms with van der Waals surface area (Å²) in [4.78, 5) is 8.33. The maximum atomic E-state index is 9.98. The van der Waals surface area contributed by atoms with Gasteiger partial charge in [-0.2, -0.15) is 0 Å². The molecule has 0 amide bonds. The number of anilines is 1. The van der Waals surface area contributed by atoms with Crippen molar-refractivity contribution in [2.75, 3.05) is 19.0 Å². The maximum Gasteiger partial charge on any atom is 0.158 e. The Bertz CT molecular complexity index is 668. The number of rotatable bonds is 4. The molecule has 4 atom stereocenters. The lowest BCUT2D eigenvalue weighted by molar-refractivity contribution is -0.0153. The van der Waals surface area contributed by atoms with Crippen molar-refractivity contribution >= 4 is 16.7 Å². The number of hydrogen-bond donors (Lipinski definition) is 4. The minimum atomic E-state index is -1.17. The van der Waals surface area contributed by atoms with Crippen molar-refractivity contribution in [2.45, 2.75) is 24.5 Å². The van der Waals surface area contributed by atoms with Crippen LogP contribution in [0.5, 0.6) is 5.75 Å². The molecule has 0 saturated carbocycles. The summed E-state index contributed by atoms with van der Waals surface area (Å²) in [7, 11) is 1.55. The summed E-state index contributed by atoms with van der Waals surface area (Å²) in [6, 6.07) is 5.39. The van der Waals surface area contributed by atoms with E-state index in [1.54, 1.807) is 19.2 Å². The number of benzene rings is 1. The molecule has 1 aliphatic heterocycles. The molecule has 118 valence electrons. The van der Waals surface area contributed by atoms with Crippen molar-refractivity contribution in [1.29, 1.82) is 0 Å². The number of methoxy groups -OCH3 is 1. The Morgan fingerprint density at radius 1 is 1.27 bits per heavy atom. The third-order valence-corrected chi connectivity index (χ3v) is 3.67. The second-order valence-corrected chi connectivity index (χ2v) is 4.98. The molecule has 1 aliphatic rings. The zero-order valence-electron chi connectivity index (χ0n) is 11.9. The molecule has 8 heteroatoms. The van der Waals surface area contributed by atoms with E-state index in [1.165, 1.54) is 6.33 Å². The normalized spacial score (nSPS) is 28.0. The van der Waals surface area contributed by atoms with Crippen LogP contribution < -0.4 is 10.1 Å². The van der Waals surface area contributed by atoms with E-state index >= 15 is 0 Å². The van der Waals surface area contributed by atoms with Crippen molar-refractivity contribution in [1.82, 2.24) is 9.97 Å². The maximum absolute atomic E-state index is 9.98. The zero-order valence-corrected chi connectivity index (χ0v) is 11.9. The smallest absolute Gasteiger partial charge is 0.158 e. The summed E-state index contributed by atoms with van der Waals surface area (Å²) < 4.78 is 10.6. The predicted octanol–water partition coefficient (Wildman–Crippen LogP) is -0.511. The minimum Gasteiger partial charge on any atom is -0.494 e. The van der Waals surface area contributed by atoms with E-state index in [9.17, 15) is 10.2 Å². The Hall–Kier alpha value is -2.00. The number of hydrogen-bond acceptors (Lipinski definition) is 8. The molecule has 0 bridgehead atoms. The lowest BCUT2D eigenvalue weighted by atomic mass is 10.1. The highest BCUT2D eigenvalue weighted by molar-refractivity contribution is 5.92. The van der Waals surface area contributed by atoms with Crippen molar-refractivity contribution in [3.05, 3.63) is 24.5 Å². The standard InChI is InChI=1S/C14H17N3O5/c1-21-8-4-2-3-7-10(8)15-6-16-13(7)17-14-12(20)11(19)9(5-18)22-14/h2-4,6,9,11-12,14,18-20H,5H2,1H3,(H,15,16,17). The number of nitrogens with one attached hydrogen (secondary N) is 1. The van der Waals surface area contributed by atoms with Crippen LogP contribution in [0.4, 0.5) is 5.82 Å². The summed E-state index contributed by atoms with van der Waals surface area (Å²) in [5.41, 5.74) is 0.620. The molecule has 0 spiro atoms. The first kappa shape index (κ1) is 14.9. The lowest BCUT2D eigenvalue weighted by Gasteiger charge is -2.18. The van der Waals surface area contributed by atoms with Gasteiger partial charge in [0.05, 0.1) is 13.7 Å². The lowest BCUT2D eigenvalue weighted by Crippen LogP contribution is -2.36. The highest BCUT2D eigenvalue weighted by Crippen LogP contribution is 2.29. The Labute approximate surface area is 126 Å². The van der Waals surface area contributed by atoms with E-state index in [0.717, 1.165) is 0 Å². The van der Waals surface area contributed by atoms with E-state index in [0.29, 0.717) is 22.5 Å². The molecule has 3 rings (SSSR count). The fraction of sp³-hybridized carbons (Fsp3) is 0.429. The molecule has 8 nitrogen and oxygen atoms in total. The van der Waals surface area contributed by atoms with E-state index in [1.807, 2.05) is 6.07 Å². The van der Waals surface area contributed by atoms with Crippen LogP contribution in [-0.4, -0.2) is 63.5 Å². The quantitative estimate of drug-likeness (QED) is 0.597. The van der Waals surface area contributed by atoms with Crippen LogP contribution in [0.1, 0.15) is 0 Å². The Morgan fingerprint density at radius 2 is 2.09 bits per heavy atom. The molecule has 1 aromatic heterocycles. The molecule has 22 heavy (non-hydrogen) atoms. The molecule has 2 heterocycles. The monoisotopic (exact) mass is 307 g/mol. The van der Waals surface area contributed by atoms with E-state index < -0.39 is 24.5 Å². The topological polar surface area (TPSA) is 117 Å². The van der Waals surface area contributed by atoms with Crippen molar-refractivity contribution < 1.29 is 24.8 Å². The molecule has 4 N–H and O–H groups in total. The van der Waals surface area contributed by atoms with Crippen LogP contribution in [0.2, 0.25) is 0 Å². The van der Waals surface area contributed by atoms with Gasteiger partial charge in [-0.05, 0) is 12.1 Å². The van der Waals surface area contributed by atoms with Gasteiger partial charge in [-0.1, -0.05) is 6.07 Å². The number of aromatic nitrogens is 2. The SMILES string of the molecule is COc1cccc2c(NC3OC(CO)C(O)C3O)ncnc12. The molecule has 1 fully saturated rings. The molecular formula is C14H17N3O5. The van der Waals surface area contributed by atoms with Crippen molar-refractivity contribution in [3.8, 4) is 5.75 Å². The first-order chi connectivity index (χ1) is 10.7. The van der Waals surface area contributed by atoms with Gasteiger partial charge in [0.1, 0.15) is 41.7 Å². The molecule has 1 saturated heterocycles. The first-order valence-electron chi connectivity index (χ1n) is 6.82. The average molecular weight is 307 g/mol. The number of para-hydroxylation sites is 1. The number of nitrogens with zero attached hydrogens (tertiary/aromatic N) is 2.